The van der Waals surface area contributed by atoms with E-state index in [2.05, 4.69) is 21.3 Å². The number of rotatable bonds is 4. The maximum Gasteiger partial charge on any atom is 0.412 e. The highest BCUT2D eigenvalue weighted by molar-refractivity contribution is 5.81. The smallest absolute Gasteiger partial charge is 0.412 e. The molecule has 1 aromatic heterocycles. The van der Waals surface area contributed by atoms with Crippen LogP contribution in [0.15, 0.2) is 6.07 Å². The van der Waals surface area contributed by atoms with Crippen LogP contribution in [0.3, 0.4) is 0 Å². The standard InChI is InChI=1S/C20H34N6O5/c1-12-9-13(2)25(24-12)11-16(27)22-23-17(28)21-10-15-14(3)30-20(7,8)26(15)18(29)31-19(4,5)6/h9,14-15H,10-11H2,1-8H3,(H,22,27)(H2,21,23,28). The van der Waals surface area contributed by atoms with Gasteiger partial charge in [0, 0.05) is 12.2 Å². The Labute approximate surface area is 182 Å². The molecule has 1 fully saturated rings. The van der Waals surface area contributed by atoms with Crippen LogP contribution in [0, 0.1) is 13.8 Å². The number of hydrogen-bond acceptors (Lipinski definition) is 6. The molecule has 11 nitrogen and oxygen atoms in total. The van der Waals surface area contributed by atoms with E-state index in [4.69, 9.17) is 9.47 Å². The summed E-state index contributed by atoms with van der Waals surface area (Å²) in [5, 5.41) is 6.86. The lowest BCUT2D eigenvalue weighted by atomic mass is 10.1. The molecule has 1 aliphatic rings. The molecule has 4 amide bonds. The largest absolute Gasteiger partial charge is 0.444 e. The van der Waals surface area contributed by atoms with Crippen molar-refractivity contribution in [2.75, 3.05) is 6.54 Å². The molecule has 2 rings (SSSR count). The van der Waals surface area contributed by atoms with Crippen LogP contribution in [0.5, 0.6) is 0 Å². The average molecular weight is 439 g/mol. The fraction of sp³-hybridized carbons (Fsp3) is 0.700. The number of hydrogen-bond donors (Lipinski definition) is 3. The van der Waals surface area contributed by atoms with Crippen molar-refractivity contribution in [3.63, 3.8) is 0 Å². The molecular weight excluding hydrogens is 404 g/mol. The summed E-state index contributed by atoms with van der Waals surface area (Å²) in [6, 6.07) is 0.805. The van der Waals surface area contributed by atoms with Gasteiger partial charge in [-0.15, -0.1) is 0 Å². The molecule has 0 spiro atoms. The van der Waals surface area contributed by atoms with Gasteiger partial charge >= 0.3 is 12.1 Å². The molecule has 2 unspecified atom stereocenters. The summed E-state index contributed by atoms with van der Waals surface area (Å²) in [7, 11) is 0. The van der Waals surface area contributed by atoms with Gasteiger partial charge in [-0.3, -0.25) is 19.8 Å². The maximum absolute atomic E-state index is 12.7. The Morgan fingerprint density at radius 2 is 1.87 bits per heavy atom. The van der Waals surface area contributed by atoms with Crippen molar-refractivity contribution in [3.8, 4) is 0 Å². The van der Waals surface area contributed by atoms with E-state index in [9.17, 15) is 14.4 Å². The van der Waals surface area contributed by atoms with Crippen LogP contribution >= 0.6 is 0 Å². The molecule has 174 valence electrons. The number of nitrogens with one attached hydrogen (secondary N) is 3. The Kier molecular flexibility index (Phi) is 7.20. The zero-order valence-corrected chi connectivity index (χ0v) is 19.5. The lowest BCUT2D eigenvalue weighted by Gasteiger charge is -2.35. The van der Waals surface area contributed by atoms with Gasteiger partial charge in [0.05, 0.1) is 17.8 Å². The van der Waals surface area contributed by atoms with Gasteiger partial charge in [0.2, 0.25) is 0 Å². The molecule has 11 heteroatoms. The number of carbonyl (C=O) groups excluding carboxylic acids is 3. The summed E-state index contributed by atoms with van der Waals surface area (Å²) in [5.74, 6) is -0.421. The van der Waals surface area contributed by atoms with E-state index in [1.165, 1.54) is 4.90 Å². The number of nitrogens with zero attached hydrogens (tertiary/aromatic N) is 3. The van der Waals surface area contributed by atoms with E-state index in [-0.39, 0.29) is 19.2 Å². The van der Waals surface area contributed by atoms with Crippen molar-refractivity contribution < 1.29 is 23.9 Å². The molecule has 0 saturated carbocycles. The van der Waals surface area contributed by atoms with Crippen LogP contribution in [-0.2, 0) is 20.8 Å². The normalized spacial score (nSPS) is 20.3. The first-order valence-corrected chi connectivity index (χ1v) is 10.2. The SMILES string of the molecule is Cc1cc(C)n(CC(=O)NNC(=O)NCC2C(C)OC(C)(C)N2C(=O)OC(C)(C)C)n1. The van der Waals surface area contributed by atoms with Gasteiger partial charge in [-0.25, -0.2) is 15.0 Å². The number of amides is 4. The minimum Gasteiger partial charge on any atom is -0.444 e. The molecule has 3 N–H and O–H groups in total. The lowest BCUT2D eigenvalue weighted by molar-refractivity contribution is -0.122. The van der Waals surface area contributed by atoms with Crippen LogP contribution in [0.2, 0.25) is 0 Å². The predicted molar refractivity (Wildman–Crippen MR) is 113 cm³/mol. The number of urea groups is 1. The van der Waals surface area contributed by atoms with Gasteiger partial charge < -0.3 is 14.8 Å². The third-order valence-corrected chi connectivity index (χ3v) is 4.70. The van der Waals surface area contributed by atoms with E-state index in [0.717, 1.165) is 11.4 Å². The van der Waals surface area contributed by atoms with Gasteiger partial charge in [0.15, 0.2) is 0 Å². The third-order valence-electron chi connectivity index (χ3n) is 4.70. The van der Waals surface area contributed by atoms with Gasteiger partial charge in [-0.1, -0.05) is 0 Å². The monoisotopic (exact) mass is 438 g/mol. The van der Waals surface area contributed by atoms with Crippen molar-refractivity contribution in [2.24, 2.45) is 0 Å². The number of aromatic nitrogens is 2. The Morgan fingerprint density at radius 3 is 2.42 bits per heavy atom. The van der Waals surface area contributed by atoms with Gasteiger partial charge in [0.1, 0.15) is 17.9 Å². The maximum atomic E-state index is 12.7. The Morgan fingerprint density at radius 1 is 1.23 bits per heavy atom. The molecule has 0 aromatic carbocycles. The lowest BCUT2D eigenvalue weighted by Crippen LogP contribution is -2.55. The summed E-state index contributed by atoms with van der Waals surface area (Å²) in [6.07, 6.45) is -0.851. The fourth-order valence-corrected chi connectivity index (χ4v) is 3.50. The summed E-state index contributed by atoms with van der Waals surface area (Å²) in [4.78, 5) is 38.4. The number of ether oxygens (including phenoxy) is 2. The fourth-order valence-electron chi connectivity index (χ4n) is 3.50. The van der Waals surface area contributed by atoms with Crippen molar-refractivity contribution in [1.82, 2.24) is 30.8 Å². The second-order valence-corrected chi connectivity index (χ2v) is 9.16. The highest BCUT2D eigenvalue weighted by Crippen LogP contribution is 2.33. The Bertz CT molecular complexity index is 829. The zero-order chi connectivity index (χ0) is 23.6. The third kappa shape index (κ3) is 6.58. The molecule has 31 heavy (non-hydrogen) atoms. The Hall–Kier alpha value is -2.82. The molecule has 0 bridgehead atoms. The van der Waals surface area contributed by atoms with Crippen molar-refractivity contribution in [3.05, 3.63) is 17.5 Å². The highest BCUT2D eigenvalue weighted by atomic mass is 16.6. The minimum atomic E-state index is -0.890. The molecular formula is C20H34N6O5. The van der Waals surface area contributed by atoms with E-state index >= 15 is 0 Å². The summed E-state index contributed by atoms with van der Waals surface area (Å²) in [5.41, 5.74) is 4.74. The first kappa shape index (κ1) is 24.4. The Balaban J connectivity index is 1.89. The summed E-state index contributed by atoms with van der Waals surface area (Å²) < 4.78 is 12.9. The van der Waals surface area contributed by atoms with E-state index < -0.39 is 35.4 Å². The van der Waals surface area contributed by atoms with Crippen LogP contribution in [0.4, 0.5) is 9.59 Å². The predicted octanol–water partition coefficient (Wildman–Crippen LogP) is 1.59. The van der Waals surface area contributed by atoms with E-state index in [1.54, 1.807) is 39.3 Å². The van der Waals surface area contributed by atoms with Crippen molar-refractivity contribution >= 4 is 18.0 Å². The zero-order valence-electron chi connectivity index (χ0n) is 19.5. The molecule has 2 atom stereocenters. The topological polar surface area (TPSA) is 127 Å². The molecule has 1 aromatic rings. The van der Waals surface area contributed by atoms with Crippen LogP contribution in [-0.4, -0.2) is 62.7 Å². The molecule has 1 saturated heterocycles. The number of hydrazine groups is 1. The minimum absolute atomic E-state index is 0.0198. The quantitative estimate of drug-likeness (QED) is 0.613. The van der Waals surface area contributed by atoms with E-state index in [1.807, 2.05) is 26.8 Å². The number of aryl methyl sites for hydroxylation is 2. The van der Waals surface area contributed by atoms with Gasteiger partial charge in [0.25, 0.3) is 5.91 Å². The van der Waals surface area contributed by atoms with E-state index in [0.29, 0.717) is 0 Å². The van der Waals surface area contributed by atoms with Crippen molar-refractivity contribution in [2.45, 2.75) is 85.4 Å². The second kappa shape index (κ2) is 9.13. The number of carbonyl (C=O) groups is 3. The van der Waals surface area contributed by atoms with Crippen LogP contribution in [0.25, 0.3) is 0 Å². The van der Waals surface area contributed by atoms with Crippen LogP contribution < -0.4 is 16.2 Å². The first-order valence-electron chi connectivity index (χ1n) is 10.2. The van der Waals surface area contributed by atoms with Gasteiger partial charge in [-0.2, -0.15) is 5.10 Å². The second-order valence-electron chi connectivity index (χ2n) is 9.16. The molecule has 0 aliphatic carbocycles. The molecule has 1 aliphatic heterocycles. The van der Waals surface area contributed by atoms with Crippen LogP contribution in [0.1, 0.15) is 52.9 Å². The summed E-state index contributed by atoms with van der Waals surface area (Å²) in [6.45, 7) is 14.5. The first-order chi connectivity index (χ1) is 14.2. The van der Waals surface area contributed by atoms with Crippen molar-refractivity contribution in [1.29, 1.82) is 0 Å². The van der Waals surface area contributed by atoms with Gasteiger partial charge in [-0.05, 0) is 61.5 Å². The summed E-state index contributed by atoms with van der Waals surface area (Å²) >= 11 is 0. The molecule has 2 heterocycles. The highest BCUT2D eigenvalue weighted by Gasteiger charge is 2.49. The molecule has 0 radical (unpaired) electrons. The average Bonchev–Trinajstić information content (AvgIpc) is 3.03.